The van der Waals surface area contributed by atoms with Crippen LogP contribution in [0.1, 0.15) is 46.0 Å². The maximum Gasteiger partial charge on any atom is 0.239 e. The number of hydrogen-bond donors (Lipinski definition) is 1. The van der Waals surface area contributed by atoms with Gasteiger partial charge in [0, 0.05) is 19.0 Å². The second-order valence-corrected chi connectivity index (χ2v) is 6.25. The average Bonchev–Trinajstić information content (AvgIpc) is 2.52. The predicted octanol–water partition coefficient (Wildman–Crippen LogP) is 1.55. The standard InChI is InChI=1S/C14H24N2O2/c1-14(2)7-4-3-6-11(14)13(18)16-9-5-8-15-12(17)10-16/h11H,3-10H2,1-2H3,(H,15,17). The van der Waals surface area contributed by atoms with E-state index in [9.17, 15) is 9.59 Å². The maximum absolute atomic E-state index is 12.6. The molecule has 1 unspecified atom stereocenters. The van der Waals surface area contributed by atoms with Crippen LogP contribution in [-0.2, 0) is 9.59 Å². The van der Waals surface area contributed by atoms with Crippen molar-refractivity contribution in [3.05, 3.63) is 0 Å². The number of nitrogens with one attached hydrogen (secondary N) is 1. The van der Waals surface area contributed by atoms with Gasteiger partial charge in [0.05, 0.1) is 6.54 Å². The molecule has 1 atom stereocenters. The molecule has 0 aromatic carbocycles. The molecule has 0 radical (unpaired) electrons. The van der Waals surface area contributed by atoms with E-state index >= 15 is 0 Å². The summed E-state index contributed by atoms with van der Waals surface area (Å²) in [6.07, 6.45) is 5.31. The van der Waals surface area contributed by atoms with E-state index in [4.69, 9.17) is 0 Å². The van der Waals surface area contributed by atoms with Gasteiger partial charge in [-0.1, -0.05) is 26.7 Å². The molecule has 1 aliphatic heterocycles. The summed E-state index contributed by atoms with van der Waals surface area (Å²) < 4.78 is 0. The van der Waals surface area contributed by atoms with Gasteiger partial charge in [-0.3, -0.25) is 9.59 Å². The highest BCUT2D eigenvalue weighted by atomic mass is 16.2. The lowest BCUT2D eigenvalue weighted by molar-refractivity contribution is -0.143. The van der Waals surface area contributed by atoms with Gasteiger partial charge in [0.25, 0.3) is 0 Å². The summed E-state index contributed by atoms with van der Waals surface area (Å²) >= 11 is 0. The first-order valence-corrected chi connectivity index (χ1v) is 7.06. The molecule has 1 aliphatic carbocycles. The molecule has 1 saturated heterocycles. The van der Waals surface area contributed by atoms with Gasteiger partial charge >= 0.3 is 0 Å². The lowest BCUT2D eigenvalue weighted by atomic mass is 9.68. The fourth-order valence-electron chi connectivity index (χ4n) is 3.17. The Morgan fingerprint density at radius 1 is 1.33 bits per heavy atom. The van der Waals surface area contributed by atoms with Crippen LogP contribution in [0.15, 0.2) is 0 Å². The van der Waals surface area contributed by atoms with E-state index in [0.717, 1.165) is 25.7 Å². The fourth-order valence-corrected chi connectivity index (χ4v) is 3.17. The van der Waals surface area contributed by atoms with Crippen molar-refractivity contribution in [1.82, 2.24) is 10.2 Å². The number of nitrogens with zero attached hydrogens (tertiary/aromatic N) is 1. The van der Waals surface area contributed by atoms with E-state index in [0.29, 0.717) is 13.1 Å². The molecule has 4 heteroatoms. The highest BCUT2D eigenvalue weighted by Crippen LogP contribution is 2.41. The Morgan fingerprint density at radius 3 is 2.83 bits per heavy atom. The average molecular weight is 252 g/mol. The number of carbonyl (C=O) groups is 2. The fraction of sp³-hybridized carbons (Fsp3) is 0.857. The van der Waals surface area contributed by atoms with Gasteiger partial charge in [0.1, 0.15) is 0 Å². The number of rotatable bonds is 1. The van der Waals surface area contributed by atoms with Crippen LogP contribution in [0.2, 0.25) is 0 Å². The molecule has 0 bridgehead atoms. The number of hydrogen-bond acceptors (Lipinski definition) is 2. The van der Waals surface area contributed by atoms with Gasteiger partial charge in [-0.05, 0) is 24.7 Å². The van der Waals surface area contributed by atoms with Crippen LogP contribution in [0.4, 0.5) is 0 Å². The minimum absolute atomic E-state index is 0.0190. The Balaban J connectivity index is 2.07. The maximum atomic E-state index is 12.6. The molecule has 0 aromatic heterocycles. The third-order valence-corrected chi connectivity index (χ3v) is 4.38. The van der Waals surface area contributed by atoms with E-state index in [-0.39, 0.29) is 29.7 Å². The van der Waals surface area contributed by atoms with Crippen LogP contribution >= 0.6 is 0 Å². The van der Waals surface area contributed by atoms with E-state index < -0.39 is 0 Å². The van der Waals surface area contributed by atoms with E-state index in [1.807, 2.05) is 0 Å². The van der Waals surface area contributed by atoms with Gasteiger partial charge in [0.2, 0.25) is 11.8 Å². The molecule has 2 aliphatic rings. The molecule has 102 valence electrons. The van der Waals surface area contributed by atoms with Crippen LogP contribution in [0.25, 0.3) is 0 Å². The van der Waals surface area contributed by atoms with E-state index in [2.05, 4.69) is 19.2 Å². The van der Waals surface area contributed by atoms with E-state index in [1.54, 1.807) is 4.90 Å². The van der Waals surface area contributed by atoms with Gasteiger partial charge in [0.15, 0.2) is 0 Å². The molecular formula is C14H24N2O2. The Kier molecular flexibility index (Phi) is 3.93. The summed E-state index contributed by atoms with van der Waals surface area (Å²) in [5.74, 6) is 0.267. The minimum Gasteiger partial charge on any atom is -0.354 e. The lowest BCUT2D eigenvalue weighted by Gasteiger charge is -2.39. The summed E-state index contributed by atoms with van der Waals surface area (Å²) in [7, 11) is 0. The monoisotopic (exact) mass is 252 g/mol. The first kappa shape index (κ1) is 13.4. The van der Waals surface area contributed by atoms with Crippen molar-refractivity contribution in [1.29, 1.82) is 0 Å². The van der Waals surface area contributed by atoms with E-state index in [1.165, 1.54) is 6.42 Å². The molecule has 1 N–H and O–H groups in total. The zero-order valence-corrected chi connectivity index (χ0v) is 11.5. The van der Waals surface area contributed by atoms with Crippen molar-refractivity contribution in [2.24, 2.45) is 11.3 Å². The normalized spacial score (nSPS) is 28.4. The summed E-state index contributed by atoms with van der Waals surface area (Å²) in [4.78, 5) is 25.9. The van der Waals surface area contributed by atoms with Crippen molar-refractivity contribution in [2.75, 3.05) is 19.6 Å². The van der Waals surface area contributed by atoms with Crippen LogP contribution in [-0.4, -0.2) is 36.3 Å². The second kappa shape index (κ2) is 5.29. The highest BCUT2D eigenvalue weighted by molar-refractivity contribution is 5.86. The lowest BCUT2D eigenvalue weighted by Crippen LogP contribution is -2.46. The van der Waals surface area contributed by atoms with Crippen molar-refractivity contribution >= 4 is 11.8 Å². The third kappa shape index (κ3) is 2.85. The van der Waals surface area contributed by atoms with Crippen molar-refractivity contribution in [2.45, 2.75) is 46.0 Å². The second-order valence-electron chi connectivity index (χ2n) is 6.25. The minimum atomic E-state index is -0.0190. The van der Waals surface area contributed by atoms with Crippen molar-refractivity contribution in [3.63, 3.8) is 0 Å². The molecule has 0 spiro atoms. The van der Waals surface area contributed by atoms with Gasteiger partial charge in [-0.15, -0.1) is 0 Å². The first-order valence-electron chi connectivity index (χ1n) is 7.06. The summed E-state index contributed by atoms with van der Waals surface area (Å²) in [6, 6.07) is 0. The number of amides is 2. The predicted molar refractivity (Wildman–Crippen MR) is 69.9 cm³/mol. The zero-order chi connectivity index (χ0) is 13.2. The quantitative estimate of drug-likeness (QED) is 0.770. The topological polar surface area (TPSA) is 49.4 Å². The van der Waals surface area contributed by atoms with Crippen LogP contribution in [0.5, 0.6) is 0 Å². The molecule has 18 heavy (non-hydrogen) atoms. The molecular weight excluding hydrogens is 228 g/mol. The SMILES string of the molecule is CC1(C)CCCCC1C(=O)N1CCCNC(=O)C1. The largest absolute Gasteiger partial charge is 0.354 e. The van der Waals surface area contributed by atoms with Crippen LogP contribution in [0.3, 0.4) is 0 Å². The zero-order valence-electron chi connectivity index (χ0n) is 11.5. The Bertz CT molecular complexity index is 339. The van der Waals surface area contributed by atoms with Crippen LogP contribution in [0, 0.1) is 11.3 Å². The highest BCUT2D eigenvalue weighted by Gasteiger charge is 2.39. The summed E-state index contributed by atoms with van der Waals surface area (Å²) in [5.41, 5.74) is 0.0815. The molecule has 1 saturated carbocycles. The molecule has 1 heterocycles. The Morgan fingerprint density at radius 2 is 2.11 bits per heavy atom. The smallest absolute Gasteiger partial charge is 0.239 e. The summed E-state index contributed by atoms with van der Waals surface area (Å²) in [6.45, 7) is 6.02. The molecule has 2 amide bonds. The Hall–Kier alpha value is -1.06. The van der Waals surface area contributed by atoms with Gasteiger partial charge in [-0.25, -0.2) is 0 Å². The molecule has 2 fully saturated rings. The third-order valence-electron chi connectivity index (χ3n) is 4.38. The van der Waals surface area contributed by atoms with Crippen molar-refractivity contribution < 1.29 is 9.59 Å². The first-order chi connectivity index (χ1) is 8.50. The molecule has 2 rings (SSSR count). The van der Waals surface area contributed by atoms with Crippen LogP contribution < -0.4 is 5.32 Å². The molecule has 4 nitrogen and oxygen atoms in total. The summed E-state index contributed by atoms with van der Waals surface area (Å²) in [5, 5.41) is 2.82. The molecule has 0 aromatic rings. The van der Waals surface area contributed by atoms with Gasteiger partial charge < -0.3 is 10.2 Å². The number of carbonyl (C=O) groups excluding carboxylic acids is 2. The Labute approximate surface area is 109 Å². The van der Waals surface area contributed by atoms with Gasteiger partial charge in [-0.2, -0.15) is 0 Å². The van der Waals surface area contributed by atoms with Crippen molar-refractivity contribution in [3.8, 4) is 0 Å².